The monoisotopic (exact) mass is 256 g/mol. The average Bonchev–Trinajstić information content (AvgIpc) is 2.74. The smallest absolute Gasteiger partial charge is 0.315 e. The molecular formula is C13H20O5. The van der Waals surface area contributed by atoms with Crippen LogP contribution in [0.15, 0.2) is 0 Å². The van der Waals surface area contributed by atoms with Crippen LogP contribution >= 0.6 is 0 Å². The van der Waals surface area contributed by atoms with Crippen LogP contribution in [0.4, 0.5) is 0 Å². The minimum absolute atomic E-state index is 0.0718. The lowest BCUT2D eigenvalue weighted by molar-refractivity contribution is -0.172. The van der Waals surface area contributed by atoms with Crippen molar-refractivity contribution < 1.29 is 24.5 Å². The van der Waals surface area contributed by atoms with Gasteiger partial charge < -0.3 is 14.9 Å². The molecule has 0 amide bonds. The zero-order chi connectivity index (χ0) is 13.4. The lowest BCUT2D eigenvalue weighted by Gasteiger charge is -2.37. The van der Waals surface area contributed by atoms with Crippen molar-refractivity contribution >= 4 is 11.9 Å². The van der Waals surface area contributed by atoms with Crippen molar-refractivity contribution in [1.29, 1.82) is 0 Å². The number of hydrogen-bond acceptors (Lipinski definition) is 4. The van der Waals surface area contributed by atoms with Crippen molar-refractivity contribution in [2.24, 2.45) is 11.3 Å². The number of fused-ring (bicyclic) bond motifs is 1. The standard InChI is InChI=1S/C13H20O5/c1-2-18-11(16)12-5-3-6-13(12,17)9(4-7-12)8-10(14)15/h9,17H,2-8H2,1H3,(H,14,15)/t9-,12-,13-/m0/s1. The second kappa shape index (κ2) is 4.53. The highest BCUT2D eigenvalue weighted by Gasteiger charge is 2.66. The number of carboxylic acids is 1. The molecule has 5 heteroatoms. The molecule has 2 N–H and O–H groups in total. The van der Waals surface area contributed by atoms with E-state index < -0.39 is 17.0 Å². The van der Waals surface area contributed by atoms with Crippen molar-refractivity contribution in [2.45, 2.75) is 51.0 Å². The predicted octanol–water partition coefficient (Wildman–Crippen LogP) is 1.34. The molecule has 0 aromatic rings. The topological polar surface area (TPSA) is 83.8 Å². The third-order valence-corrected chi connectivity index (χ3v) is 4.67. The normalized spacial score (nSPS) is 38.4. The van der Waals surface area contributed by atoms with E-state index in [-0.39, 0.29) is 18.3 Å². The average molecular weight is 256 g/mol. The maximum absolute atomic E-state index is 12.2. The number of carboxylic acid groups (broad SMARTS) is 1. The molecule has 2 saturated carbocycles. The Balaban J connectivity index is 2.26. The number of hydrogen-bond donors (Lipinski definition) is 2. The maximum Gasteiger partial charge on any atom is 0.315 e. The number of rotatable bonds is 4. The highest BCUT2D eigenvalue weighted by atomic mass is 16.5. The van der Waals surface area contributed by atoms with Gasteiger partial charge in [0.05, 0.1) is 24.0 Å². The van der Waals surface area contributed by atoms with Crippen molar-refractivity contribution in [1.82, 2.24) is 0 Å². The van der Waals surface area contributed by atoms with Gasteiger partial charge in [-0.2, -0.15) is 0 Å². The van der Waals surface area contributed by atoms with Gasteiger partial charge in [0.1, 0.15) is 0 Å². The number of ether oxygens (including phenoxy) is 1. The molecule has 5 nitrogen and oxygen atoms in total. The van der Waals surface area contributed by atoms with Crippen LogP contribution in [0.25, 0.3) is 0 Å². The Hall–Kier alpha value is -1.10. The first-order valence-corrected chi connectivity index (χ1v) is 6.57. The molecule has 0 aromatic carbocycles. The summed E-state index contributed by atoms with van der Waals surface area (Å²) in [6.07, 6.45) is 2.92. The molecule has 102 valence electrons. The first-order chi connectivity index (χ1) is 8.46. The number of esters is 1. The summed E-state index contributed by atoms with van der Waals surface area (Å²) >= 11 is 0. The molecular weight excluding hydrogens is 236 g/mol. The molecule has 0 aliphatic heterocycles. The zero-order valence-corrected chi connectivity index (χ0v) is 10.6. The molecule has 0 saturated heterocycles. The van der Waals surface area contributed by atoms with Gasteiger partial charge in [0.25, 0.3) is 0 Å². The second-order valence-electron chi connectivity index (χ2n) is 5.41. The Bertz CT molecular complexity index is 366. The lowest BCUT2D eigenvalue weighted by atomic mass is 9.73. The lowest BCUT2D eigenvalue weighted by Crippen LogP contribution is -2.49. The zero-order valence-electron chi connectivity index (χ0n) is 10.6. The summed E-state index contributed by atoms with van der Waals surface area (Å²) in [5, 5.41) is 19.7. The van der Waals surface area contributed by atoms with Crippen LogP contribution in [-0.4, -0.2) is 34.4 Å². The highest BCUT2D eigenvalue weighted by molar-refractivity contribution is 5.80. The Morgan fingerprint density at radius 1 is 1.33 bits per heavy atom. The molecule has 2 rings (SSSR count). The van der Waals surface area contributed by atoms with Crippen molar-refractivity contribution in [3.8, 4) is 0 Å². The van der Waals surface area contributed by atoms with E-state index in [1.807, 2.05) is 0 Å². The summed E-state index contributed by atoms with van der Waals surface area (Å²) in [6.45, 7) is 2.03. The molecule has 18 heavy (non-hydrogen) atoms. The van der Waals surface area contributed by atoms with Gasteiger partial charge in [0, 0.05) is 0 Å². The van der Waals surface area contributed by atoms with E-state index in [1.54, 1.807) is 6.92 Å². The second-order valence-corrected chi connectivity index (χ2v) is 5.41. The molecule has 2 fully saturated rings. The van der Waals surface area contributed by atoms with E-state index in [0.29, 0.717) is 32.3 Å². The van der Waals surface area contributed by atoms with E-state index in [2.05, 4.69) is 0 Å². The Morgan fingerprint density at radius 2 is 2.06 bits per heavy atom. The van der Waals surface area contributed by atoms with E-state index >= 15 is 0 Å². The van der Waals surface area contributed by atoms with Gasteiger partial charge in [0.2, 0.25) is 0 Å². The Kier molecular flexibility index (Phi) is 3.36. The van der Waals surface area contributed by atoms with Crippen LogP contribution in [0.5, 0.6) is 0 Å². The predicted molar refractivity (Wildman–Crippen MR) is 62.8 cm³/mol. The summed E-state index contributed by atoms with van der Waals surface area (Å²) in [4.78, 5) is 23.0. The van der Waals surface area contributed by atoms with E-state index in [9.17, 15) is 14.7 Å². The minimum Gasteiger partial charge on any atom is -0.481 e. The number of carbonyl (C=O) groups is 2. The molecule has 3 atom stereocenters. The molecule has 2 aliphatic rings. The minimum atomic E-state index is -1.18. The van der Waals surface area contributed by atoms with E-state index in [0.717, 1.165) is 6.42 Å². The number of aliphatic carboxylic acids is 1. The maximum atomic E-state index is 12.2. The number of carbonyl (C=O) groups excluding carboxylic acids is 1. The van der Waals surface area contributed by atoms with Crippen LogP contribution in [-0.2, 0) is 14.3 Å². The van der Waals surface area contributed by atoms with Crippen LogP contribution in [0.1, 0.15) is 45.4 Å². The van der Waals surface area contributed by atoms with Gasteiger partial charge in [0.15, 0.2) is 0 Å². The quantitative estimate of drug-likeness (QED) is 0.741. The fourth-order valence-corrected chi connectivity index (χ4v) is 3.84. The van der Waals surface area contributed by atoms with Gasteiger partial charge in [-0.15, -0.1) is 0 Å². The molecule has 0 bridgehead atoms. The van der Waals surface area contributed by atoms with Gasteiger partial charge in [-0.1, -0.05) is 0 Å². The van der Waals surface area contributed by atoms with Gasteiger partial charge in [-0.25, -0.2) is 0 Å². The van der Waals surface area contributed by atoms with E-state index in [1.165, 1.54) is 0 Å². The van der Waals surface area contributed by atoms with Crippen LogP contribution in [0.2, 0.25) is 0 Å². The van der Waals surface area contributed by atoms with Gasteiger partial charge in [-0.3, -0.25) is 9.59 Å². The summed E-state index contributed by atoms with van der Waals surface area (Å²) in [7, 11) is 0. The van der Waals surface area contributed by atoms with Crippen LogP contribution in [0.3, 0.4) is 0 Å². The molecule has 0 radical (unpaired) electrons. The van der Waals surface area contributed by atoms with Crippen LogP contribution in [0, 0.1) is 11.3 Å². The summed E-state index contributed by atoms with van der Waals surface area (Å²) < 4.78 is 5.10. The van der Waals surface area contributed by atoms with Crippen molar-refractivity contribution in [2.75, 3.05) is 6.61 Å². The first-order valence-electron chi connectivity index (χ1n) is 6.57. The largest absolute Gasteiger partial charge is 0.481 e. The number of aliphatic hydroxyl groups is 1. The summed E-state index contributed by atoms with van der Waals surface area (Å²) in [5.74, 6) is -1.60. The van der Waals surface area contributed by atoms with E-state index in [4.69, 9.17) is 9.84 Å². The van der Waals surface area contributed by atoms with Gasteiger partial charge in [-0.05, 0) is 44.9 Å². The van der Waals surface area contributed by atoms with Crippen molar-refractivity contribution in [3.05, 3.63) is 0 Å². The third kappa shape index (κ3) is 1.72. The SMILES string of the molecule is CCOC(=O)[C@@]12CCC[C@]1(O)[C@H](CC(=O)O)CC2. The molecule has 2 aliphatic carbocycles. The van der Waals surface area contributed by atoms with Crippen molar-refractivity contribution in [3.63, 3.8) is 0 Å². The molecule has 0 unspecified atom stereocenters. The van der Waals surface area contributed by atoms with Gasteiger partial charge >= 0.3 is 11.9 Å². The molecule has 0 spiro atoms. The molecule has 0 aromatic heterocycles. The highest BCUT2D eigenvalue weighted by Crippen LogP contribution is 2.61. The summed E-state index contributed by atoms with van der Waals surface area (Å²) in [6, 6.07) is 0. The fraction of sp³-hybridized carbons (Fsp3) is 0.846. The fourth-order valence-electron chi connectivity index (χ4n) is 3.84. The Morgan fingerprint density at radius 3 is 2.67 bits per heavy atom. The first kappa shape index (κ1) is 13.3. The summed E-state index contributed by atoms with van der Waals surface area (Å²) in [5.41, 5.74) is -2.04. The third-order valence-electron chi connectivity index (χ3n) is 4.67. The van der Waals surface area contributed by atoms with Crippen LogP contribution < -0.4 is 0 Å². The Labute approximate surface area is 106 Å². The molecule has 0 heterocycles.